The van der Waals surface area contributed by atoms with Gasteiger partial charge in [-0.15, -0.1) is 11.3 Å². The highest BCUT2D eigenvalue weighted by Gasteiger charge is 2.18. The van der Waals surface area contributed by atoms with Crippen molar-refractivity contribution >= 4 is 11.3 Å². The van der Waals surface area contributed by atoms with Crippen LogP contribution in [0.15, 0.2) is 5.51 Å². The minimum Gasteiger partial charge on any atom is -0.374 e. The van der Waals surface area contributed by atoms with E-state index in [9.17, 15) is 0 Å². The van der Waals surface area contributed by atoms with Gasteiger partial charge in [0.2, 0.25) is 0 Å². The van der Waals surface area contributed by atoms with E-state index in [0.717, 1.165) is 45.0 Å². The largest absolute Gasteiger partial charge is 0.374 e. The molecule has 0 aromatic carbocycles. The molecule has 1 aromatic rings. The van der Waals surface area contributed by atoms with Crippen molar-refractivity contribution in [2.24, 2.45) is 0 Å². The maximum Gasteiger partial charge on any atom is 0.0826 e. The Labute approximate surface area is 107 Å². The quantitative estimate of drug-likeness (QED) is 0.859. The fourth-order valence-corrected chi connectivity index (χ4v) is 2.78. The Hall–Kier alpha value is -0.490. The summed E-state index contributed by atoms with van der Waals surface area (Å²) in [7, 11) is 0. The Morgan fingerprint density at radius 2 is 2.53 bits per heavy atom. The number of ether oxygens (including phenoxy) is 1. The van der Waals surface area contributed by atoms with Gasteiger partial charge in [-0.3, -0.25) is 4.90 Å². The average molecular weight is 255 g/mol. The molecular formula is C12H21N3OS. The van der Waals surface area contributed by atoms with E-state index in [4.69, 9.17) is 4.74 Å². The van der Waals surface area contributed by atoms with Gasteiger partial charge >= 0.3 is 0 Å². The lowest BCUT2D eigenvalue weighted by Crippen LogP contribution is -2.46. The molecule has 1 unspecified atom stereocenters. The van der Waals surface area contributed by atoms with Gasteiger partial charge in [-0.05, 0) is 13.5 Å². The molecule has 0 bridgehead atoms. The smallest absolute Gasteiger partial charge is 0.0826 e. The first kappa shape index (κ1) is 13.0. The summed E-state index contributed by atoms with van der Waals surface area (Å²) in [5.41, 5.74) is 3.05. The SMILES string of the molecule is CCN1CCOC(CNCc2scnc2C)C1. The van der Waals surface area contributed by atoms with Gasteiger partial charge in [0.15, 0.2) is 0 Å². The summed E-state index contributed by atoms with van der Waals surface area (Å²) < 4.78 is 5.74. The molecule has 1 aliphatic heterocycles. The molecule has 1 aliphatic rings. The second-order valence-corrected chi connectivity index (χ2v) is 5.32. The van der Waals surface area contributed by atoms with E-state index in [1.54, 1.807) is 11.3 Å². The number of hydrogen-bond acceptors (Lipinski definition) is 5. The van der Waals surface area contributed by atoms with Crippen molar-refractivity contribution in [1.82, 2.24) is 15.2 Å². The number of aromatic nitrogens is 1. The summed E-state index contributed by atoms with van der Waals surface area (Å²) in [6, 6.07) is 0. The molecule has 1 saturated heterocycles. The molecule has 17 heavy (non-hydrogen) atoms. The molecule has 0 radical (unpaired) electrons. The van der Waals surface area contributed by atoms with Crippen LogP contribution in [0.2, 0.25) is 0 Å². The van der Waals surface area contributed by atoms with Gasteiger partial charge in [0.1, 0.15) is 0 Å². The summed E-state index contributed by atoms with van der Waals surface area (Å²) in [6.45, 7) is 10.2. The molecule has 1 N–H and O–H groups in total. The zero-order valence-corrected chi connectivity index (χ0v) is 11.4. The van der Waals surface area contributed by atoms with E-state index in [1.807, 2.05) is 5.51 Å². The van der Waals surface area contributed by atoms with Crippen molar-refractivity contribution in [2.45, 2.75) is 26.5 Å². The molecule has 2 rings (SSSR count). The number of rotatable bonds is 5. The lowest BCUT2D eigenvalue weighted by molar-refractivity contribution is -0.0253. The van der Waals surface area contributed by atoms with Crippen LogP contribution in [-0.4, -0.2) is 48.8 Å². The summed E-state index contributed by atoms with van der Waals surface area (Å²) >= 11 is 1.72. The average Bonchev–Trinajstić information content (AvgIpc) is 2.76. The fourth-order valence-electron chi connectivity index (χ4n) is 2.03. The topological polar surface area (TPSA) is 37.4 Å². The van der Waals surface area contributed by atoms with Crippen LogP contribution in [-0.2, 0) is 11.3 Å². The van der Waals surface area contributed by atoms with Crippen LogP contribution in [0.4, 0.5) is 0 Å². The van der Waals surface area contributed by atoms with Crippen LogP contribution in [0, 0.1) is 6.92 Å². The van der Waals surface area contributed by atoms with Gasteiger partial charge in [0.05, 0.1) is 23.9 Å². The van der Waals surface area contributed by atoms with Crippen molar-refractivity contribution in [3.05, 3.63) is 16.1 Å². The van der Waals surface area contributed by atoms with E-state index >= 15 is 0 Å². The van der Waals surface area contributed by atoms with Gasteiger partial charge in [0, 0.05) is 31.1 Å². The maximum absolute atomic E-state index is 5.74. The Balaban J connectivity index is 1.70. The highest BCUT2D eigenvalue weighted by Crippen LogP contribution is 2.11. The third-order valence-electron chi connectivity index (χ3n) is 3.17. The van der Waals surface area contributed by atoms with E-state index in [-0.39, 0.29) is 0 Å². The number of nitrogens with one attached hydrogen (secondary N) is 1. The van der Waals surface area contributed by atoms with Crippen molar-refractivity contribution in [3.8, 4) is 0 Å². The van der Waals surface area contributed by atoms with E-state index in [0.29, 0.717) is 6.10 Å². The van der Waals surface area contributed by atoms with Crippen LogP contribution >= 0.6 is 11.3 Å². The second kappa shape index (κ2) is 6.44. The molecule has 5 heteroatoms. The van der Waals surface area contributed by atoms with E-state index in [1.165, 1.54) is 4.88 Å². The lowest BCUT2D eigenvalue weighted by Gasteiger charge is -2.32. The molecule has 0 amide bonds. The highest BCUT2D eigenvalue weighted by molar-refractivity contribution is 7.09. The Morgan fingerprint density at radius 1 is 1.65 bits per heavy atom. The molecule has 2 heterocycles. The highest BCUT2D eigenvalue weighted by atomic mass is 32.1. The zero-order chi connectivity index (χ0) is 12.1. The fraction of sp³-hybridized carbons (Fsp3) is 0.750. The van der Waals surface area contributed by atoms with Crippen molar-refractivity contribution in [1.29, 1.82) is 0 Å². The van der Waals surface area contributed by atoms with Crippen LogP contribution in [0.3, 0.4) is 0 Å². The standard InChI is InChI=1S/C12H21N3OS/c1-3-15-4-5-16-11(8-15)6-13-7-12-10(2)14-9-17-12/h9,11,13H,3-8H2,1-2H3. The van der Waals surface area contributed by atoms with Gasteiger partial charge in [-0.25, -0.2) is 4.98 Å². The molecule has 1 atom stereocenters. The van der Waals surface area contributed by atoms with Crippen molar-refractivity contribution in [2.75, 3.05) is 32.8 Å². The second-order valence-electron chi connectivity index (χ2n) is 4.38. The van der Waals surface area contributed by atoms with Gasteiger partial charge in [-0.1, -0.05) is 6.92 Å². The molecule has 1 fully saturated rings. The minimum atomic E-state index is 0.330. The van der Waals surface area contributed by atoms with Crippen LogP contribution in [0.1, 0.15) is 17.5 Å². The van der Waals surface area contributed by atoms with Gasteiger partial charge in [0.25, 0.3) is 0 Å². The number of thiazole rings is 1. The van der Waals surface area contributed by atoms with Crippen LogP contribution in [0.25, 0.3) is 0 Å². The molecule has 96 valence electrons. The third kappa shape index (κ3) is 3.74. The number of hydrogen-bond donors (Lipinski definition) is 1. The van der Waals surface area contributed by atoms with Gasteiger partial charge < -0.3 is 10.1 Å². The normalized spacial score (nSPS) is 21.9. The monoisotopic (exact) mass is 255 g/mol. The first-order valence-corrected chi connectivity index (χ1v) is 7.11. The Morgan fingerprint density at radius 3 is 3.24 bits per heavy atom. The molecule has 4 nitrogen and oxygen atoms in total. The Bertz CT molecular complexity index is 342. The Kier molecular flexibility index (Phi) is 4.91. The summed E-state index contributed by atoms with van der Waals surface area (Å²) in [5, 5.41) is 3.46. The zero-order valence-electron chi connectivity index (χ0n) is 10.6. The van der Waals surface area contributed by atoms with E-state index in [2.05, 4.69) is 29.0 Å². The molecule has 1 aromatic heterocycles. The van der Waals surface area contributed by atoms with Crippen LogP contribution in [0.5, 0.6) is 0 Å². The predicted molar refractivity (Wildman–Crippen MR) is 70.4 cm³/mol. The number of likely N-dealkylation sites (N-methyl/N-ethyl adjacent to an activating group) is 1. The summed E-state index contributed by atoms with van der Waals surface area (Å²) in [5.74, 6) is 0. The van der Waals surface area contributed by atoms with E-state index < -0.39 is 0 Å². The lowest BCUT2D eigenvalue weighted by atomic mass is 10.2. The van der Waals surface area contributed by atoms with Crippen LogP contribution < -0.4 is 5.32 Å². The molecule has 0 aliphatic carbocycles. The predicted octanol–water partition coefficient (Wildman–Crippen LogP) is 1.26. The van der Waals surface area contributed by atoms with Crippen molar-refractivity contribution in [3.63, 3.8) is 0 Å². The first-order valence-electron chi connectivity index (χ1n) is 6.23. The molecular weight excluding hydrogens is 234 g/mol. The third-order valence-corrected chi connectivity index (χ3v) is 4.11. The number of nitrogens with zero attached hydrogens (tertiary/aromatic N) is 2. The van der Waals surface area contributed by atoms with Crippen molar-refractivity contribution < 1.29 is 4.74 Å². The summed E-state index contributed by atoms with van der Waals surface area (Å²) in [6.07, 6.45) is 0.330. The molecule has 0 saturated carbocycles. The number of morpholine rings is 1. The number of aryl methyl sites for hydroxylation is 1. The summed E-state index contributed by atoms with van der Waals surface area (Å²) in [4.78, 5) is 8.01. The molecule has 0 spiro atoms. The first-order chi connectivity index (χ1) is 8.29. The minimum absolute atomic E-state index is 0.330. The maximum atomic E-state index is 5.74. The van der Waals surface area contributed by atoms with Gasteiger partial charge in [-0.2, -0.15) is 0 Å².